The summed E-state index contributed by atoms with van der Waals surface area (Å²) in [6.07, 6.45) is -8.33. The predicted octanol–water partition coefficient (Wildman–Crippen LogP) is 0.0447. The van der Waals surface area contributed by atoms with E-state index >= 15 is 0 Å². The van der Waals surface area contributed by atoms with Gasteiger partial charge in [0.05, 0.1) is 17.1 Å². The largest absolute Gasteiger partial charge is 0.508 e. The number of ether oxygens (including phenoxy) is 6. The molecule has 2 aromatic rings. The first kappa shape index (κ1) is 26.1. The van der Waals surface area contributed by atoms with Crippen LogP contribution in [-0.4, -0.2) is 99.2 Å². The molecule has 12 nitrogen and oxygen atoms in total. The van der Waals surface area contributed by atoms with Crippen molar-refractivity contribution in [3.8, 4) is 11.5 Å². The molecule has 4 saturated heterocycles. The third kappa shape index (κ3) is 3.58. The number of carbonyl (C=O) groups is 1. The molecule has 7 fully saturated rings. The molecule has 9 rings (SSSR count). The molecular formula is C28H30O12. The van der Waals surface area contributed by atoms with Gasteiger partial charge in [0.25, 0.3) is 0 Å². The second-order valence-corrected chi connectivity index (χ2v) is 11.2. The zero-order valence-corrected chi connectivity index (χ0v) is 21.2. The Kier molecular flexibility index (Phi) is 5.94. The first-order valence-electron chi connectivity index (χ1n) is 13.2. The quantitative estimate of drug-likeness (QED) is 0.276. The van der Waals surface area contributed by atoms with E-state index in [9.17, 15) is 30.3 Å². The zero-order chi connectivity index (χ0) is 27.9. The highest BCUT2D eigenvalue weighted by molar-refractivity contribution is 5.89. The molecule has 5 N–H and O–H groups in total. The van der Waals surface area contributed by atoms with Gasteiger partial charge >= 0.3 is 5.97 Å². The minimum atomic E-state index is -1.61. The fraction of sp³-hybridized carbons (Fsp3) is 0.536. The minimum absolute atomic E-state index is 0.0608. The summed E-state index contributed by atoms with van der Waals surface area (Å²) in [5, 5.41) is 52.7. The number of carbonyl (C=O) groups excluding carboxylic acids is 1. The molecule has 11 atom stereocenters. The molecule has 0 radical (unpaired) electrons. The zero-order valence-electron chi connectivity index (χ0n) is 21.2. The van der Waals surface area contributed by atoms with Crippen molar-refractivity contribution in [1.82, 2.24) is 0 Å². The van der Waals surface area contributed by atoms with E-state index in [2.05, 4.69) is 0 Å². The van der Waals surface area contributed by atoms with E-state index in [-0.39, 0.29) is 31.8 Å². The van der Waals surface area contributed by atoms with Crippen LogP contribution in [0.5, 0.6) is 11.5 Å². The normalized spacial score (nSPS) is 44.3. The summed E-state index contributed by atoms with van der Waals surface area (Å²) in [6, 6.07) is 14.4. The number of aromatic hydroxyl groups is 1. The van der Waals surface area contributed by atoms with Crippen LogP contribution in [0.4, 0.5) is 0 Å². The maximum atomic E-state index is 12.8. The van der Waals surface area contributed by atoms with Gasteiger partial charge in [-0.15, -0.1) is 0 Å². The highest BCUT2D eigenvalue weighted by Crippen LogP contribution is 2.78. The number of phenolic OH excluding ortho intramolecular Hbond substituents is 1. The average Bonchev–Trinajstić information content (AvgIpc) is 3.16. The number of aliphatic hydroxyl groups is 4. The van der Waals surface area contributed by atoms with Gasteiger partial charge in [-0.2, -0.15) is 0 Å². The number of phenols is 1. The topological polar surface area (TPSA) is 174 Å². The summed E-state index contributed by atoms with van der Waals surface area (Å²) < 4.78 is 35.7. The van der Waals surface area contributed by atoms with Crippen molar-refractivity contribution < 1.29 is 58.7 Å². The van der Waals surface area contributed by atoms with Gasteiger partial charge in [0.2, 0.25) is 0 Å². The second-order valence-electron chi connectivity index (χ2n) is 11.2. The summed E-state index contributed by atoms with van der Waals surface area (Å²) in [5.74, 6) is -2.01. The molecule has 2 aromatic carbocycles. The van der Waals surface area contributed by atoms with Crippen LogP contribution in [0, 0.1) is 11.3 Å². The van der Waals surface area contributed by atoms with Crippen molar-refractivity contribution in [3.63, 3.8) is 0 Å². The Hall–Kier alpha value is -2.81. The van der Waals surface area contributed by atoms with E-state index in [4.69, 9.17) is 28.4 Å². The van der Waals surface area contributed by atoms with Gasteiger partial charge in [0.15, 0.2) is 18.4 Å². The van der Waals surface area contributed by atoms with Crippen molar-refractivity contribution in [2.24, 2.45) is 11.3 Å². The summed E-state index contributed by atoms with van der Waals surface area (Å²) in [7, 11) is 0. The molecule has 6 bridgehead atoms. The lowest BCUT2D eigenvalue weighted by Gasteiger charge is -2.64. The van der Waals surface area contributed by atoms with Crippen molar-refractivity contribution in [2.45, 2.75) is 67.3 Å². The Morgan fingerprint density at radius 1 is 0.950 bits per heavy atom. The fourth-order valence-corrected chi connectivity index (χ4v) is 7.09. The molecule has 0 aromatic heterocycles. The smallest absolute Gasteiger partial charge is 0.338 e. The summed E-state index contributed by atoms with van der Waals surface area (Å²) in [4.78, 5) is 12.8. The van der Waals surface area contributed by atoms with Crippen LogP contribution >= 0.6 is 0 Å². The molecule has 7 aliphatic rings. The van der Waals surface area contributed by atoms with Gasteiger partial charge in [0, 0.05) is 12.3 Å². The second kappa shape index (κ2) is 9.10. The van der Waals surface area contributed by atoms with Gasteiger partial charge in [-0.1, -0.05) is 18.2 Å². The lowest BCUT2D eigenvalue weighted by Crippen LogP contribution is -2.77. The van der Waals surface area contributed by atoms with Crippen LogP contribution in [0.15, 0.2) is 54.6 Å². The van der Waals surface area contributed by atoms with Crippen LogP contribution in [0.1, 0.15) is 23.2 Å². The fourth-order valence-electron chi connectivity index (χ4n) is 7.09. The molecule has 3 saturated carbocycles. The summed E-state index contributed by atoms with van der Waals surface area (Å²) in [5.41, 5.74) is -1.87. The number of rotatable bonds is 8. The Morgan fingerprint density at radius 3 is 2.45 bits per heavy atom. The minimum Gasteiger partial charge on any atom is -0.508 e. The molecule has 214 valence electrons. The highest BCUT2D eigenvalue weighted by Gasteiger charge is 2.91. The number of esters is 1. The van der Waals surface area contributed by atoms with Crippen LogP contribution < -0.4 is 4.74 Å². The molecular weight excluding hydrogens is 528 g/mol. The van der Waals surface area contributed by atoms with Crippen molar-refractivity contribution >= 4 is 5.97 Å². The van der Waals surface area contributed by atoms with Gasteiger partial charge in [-0.3, -0.25) is 0 Å². The Balaban J connectivity index is 1.11. The maximum Gasteiger partial charge on any atom is 0.338 e. The Labute approximate surface area is 228 Å². The monoisotopic (exact) mass is 558 g/mol. The molecule has 3 aliphatic carbocycles. The summed E-state index contributed by atoms with van der Waals surface area (Å²) in [6.45, 7) is -0.354. The lowest BCUT2D eigenvalue weighted by molar-refractivity contribution is -0.403. The van der Waals surface area contributed by atoms with Crippen LogP contribution in [-0.2, 0) is 23.7 Å². The molecule has 0 spiro atoms. The van der Waals surface area contributed by atoms with Gasteiger partial charge < -0.3 is 54.0 Å². The standard InChI is InChI=1S/C28H30O12/c29-15-6-8-16(9-7-15)35-12-17-20(30)21(31)22(32)24(37-17)39-27-10-18-26(27,25-38-19(27)11-28(18,34)40-25)13-36-23(33)14-4-2-1-3-5-14/h1-9,17-22,24-25,29-32,34H,10-13H2/t17-,18+,19-,20-,21+,22-,24+,25+,26-,27-,28+/m1/s1. The van der Waals surface area contributed by atoms with Crippen LogP contribution in [0.25, 0.3) is 0 Å². The third-order valence-corrected chi connectivity index (χ3v) is 9.18. The predicted molar refractivity (Wildman–Crippen MR) is 131 cm³/mol. The average molecular weight is 559 g/mol. The number of hydrogen-bond acceptors (Lipinski definition) is 12. The molecule has 40 heavy (non-hydrogen) atoms. The van der Waals surface area contributed by atoms with E-state index in [0.29, 0.717) is 11.3 Å². The van der Waals surface area contributed by atoms with E-state index < -0.39 is 71.8 Å². The number of benzene rings is 2. The molecule has 12 heteroatoms. The molecule has 4 heterocycles. The highest BCUT2D eigenvalue weighted by atomic mass is 16.8. The molecule has 0 amide bonds. The molecule has 4 aliphatic heterocycles. The SMILES string of the molecule is O=C(OC[C@]12[C@H]3O[C@@H]4C[C@](O)(O3)[C@H]1C[C@@]42O[C@@H]1O[C@H](COc2ccc(O)cc2)[C@@H](O)[C@H](O)[C@H]1O)c1ccccc1. The van der Waals surface area contributed by atoms with E-state index in [1.54, 1.807) is 30.3 Å². The Bertz CT molecular complexity index is 1270. The van der Waals surface area contributed by atoms with Crippen LogP contribution in [0.2, 0.25) is 0 Å². The van der Waals surface area contributed by atoms with E-state index in [1.807, 2.05) is 0 Å². The van der Waals surface area contributed by atoms with Crippen molar-refractivity contribution in [2.75, 3.05) is 13.2 Å². The van der Waals surface area contributed by atoms with Crippen LogP contribution in [0.3, 0.4) is 0 Å². The van der Waals surface area contributed by atoms with E-state index in [0.717, 1.165) is 0 Å². The lowest BCUT2D eigenvalue weighted by atomic mass is 9.44. The van der Waals surface area contributed by atoms with Gasteiger partial charge in [0.1, 0.15) is 54.7 Å². The van der Waals surface area contributed by atoms with Crippen molar-refractivity contribution in [3.05, 3.63) is 60.2 Å². The van der Waals surface area contributed by atoms with E-state index in [1.165, 1.54) is 24.3 Å². The molecule has 0 unspecified atom stereocenters. The first-order valence-corrected chi connectivity index (χ1v) is 13.2. The van der Waals surface area contributed by atoms with Crippen molar-refractivity contribution in [1.29, 1.82) is 0 Å². The number of aliphatic hydroxyl groups excluding tert-OH is 3. The maximum absolute atomic E-state index is 12.8. The van der Waals surface area contributed by atoms with Gasteiger partial charge in [-0.25, -0.2) is 4.79 Å². The van der Waals surface area contributed by atoms with Gasteiger partial charge in [-0.05, 0) is 42.8 Å². The summed E-state index contributed by atoms with van der Waals surface area (Å²) >= 11 is 0. The Morgan fingerprint density at radius 2 is 1.70 bits per heavy atom. The first-order chi connectivity index (χ1) is 19.2. The third-order valence-electron chi connectivity index (χ3n) is 9.18. The number of hydrogen-bond donors (Lipinski definition) is 5.